The van der Waals surface area contributed by atoms with Crippen LogP contribution in [0.2, 0.25) is 0 Å². The van der Waals surface area contributed by atoms with Crippen molar-refractivity contribution in [1.82, 2.24) is 0 Å². The van der Waals surface area contributed by atoms with Crippen LogP contribution < -0.4 is 5.46 Å². The van der Waals surface area contributed by atoms with Gasteiger partial charge < -0.3 is 19.2 Å². The molecule has 0 aromatic heterocycles. The molecule has 29 heavy (non-hydrogen) atoms. The van der Waals surface area contributed by atoms with Gasteiger partial charge in [0.25, 0.3) is 0 Å². The van der Waals surface area contributed by atoms with Gasteiger partial charge in [-0.3, -0.25) is 0 Å². The SMILES string of the molecule is [C-]#[N+]c1ccc(B2OC(C)(C)C(C)(C)O2)c(F)c1.[C-]#[N+]c1ccc(Br)c(F)c1.[PH2-]. The lowest BCUT2D eigenvalue weighted by Crippen LogP contribution is -2.41. The summed E-state index contributed by atoms with van der Waals surface area (Å²) in [5.41, 5.74) is -0.0694. The average molecular weight is 480 g/mol. The topological polar surface area (TPSA) is 27.2 Å². The van der Waals surface area contributed by atoms with Crippen LogP contribution in [0.15, 0.2) is 40.9 Å². The summed E-state index contributed by atoms with van der Waals surface area (Å²) in [5.74, 6) is -0.865. The molecule has 0 aliphatic carbocycles. The third-order valence-electron chi connectivity index (χ3n) is 4.65. The number of hydrogen-bond donors (Lipinski definition) is 0. The van der Waals surface area contributed by atoms with E-state index in [1.165, 1.54) is 18.2 Å². The van der Waals surface area contributed by atoms with E-state index in [1.54, 1.807) is 18.2 Å². The molecule has 9 heteroatoms. The number of rotatable bonds is 1. The largest absolute Gasteiger partial charge is 0.577 e. The summed E-state index contributed by atoms with van der Waals surface area (Å²) < 4.78 is 38.4. The first-order valence-electron chi connectivity index (χ1n) is 8.36. The van der Waals surface area contributed by atoms with E-state index in [9.17, 15) is 8.78 Å². The molecule has 0 radical (unpaired) electrons. The fourth-order valence-electron chi connectivity index (χ4n) is 2.30. The Hall–Kier alpha value is -1.83. The Morgan fingerprint density at radius 2 is 1.31 bits per heavy atom. The molecule has 0 N–H and O–H groups in total. The number of halogens is 3. The van der Waals surface area contributed by atoms with Crippen LogP contribution >= 0.6 is 25.8 Å². The van der Waals surface area contributed by atoms with E-state index in [-0.39, 0.29) is 15.6 Å². The molecule has 4 nitrogen and oxygen atoms in total. The summed E-state index contributed by atoms with van der Waals surface area (Å²) in [6.45, 7) is 21.1. The second kappa shape index (κ2) is 9.78. The minimum Gasteiger partial charge on any atom is -0.577 e. The van der Waals surface area contributed by atoms with Gasteiger partial charge in [0.1, 0.15) is 11.6 Å². The van der Waals surface area contributed by atoms with Gasteiger partial charge in [0.15, 0.2) is 11.4 Å². The van der Waals surface area contributed by atoms with Gasteiger partial charge in [-0.25, -0.2) is 18.5 Å². The lowest BCUT2D eigenvalue weighted by atomic mass is 9.78. The molecule has 1 aliphatic heterocycles. The van der Waals surface area contributed by atoms with Gasteiger partial charge in [-0.15, -0.1) is 0 Å². The van der Waals surface area contributed by atoms with Gasteiger partial charge in [-0.1, -0.05) is 24.3 Å². The normalized spacial score (nSPS) is 16.0. The molecule has 0 amide bonds. The number of nitrogens with zero attached hydrogens (tertiary/aromatic N) is 2. The zero-order valence-corrected chi connectivity index (χ0v) is 19.2. The highest BCUT2D eigenvalue weighted by molar-refractivity contribution is 9.10. The maximum absolute atomic E-state index is 13.9. The molecular weight excluding hydrogens is 460 g/mol. The third-order valence-corrected chi connectivity index (χ3v) is 5.30. The standard InChI is InChI=1S/C13H15BFNO2.C7H3BrFN.H2P/c1-12(2)13(3,4)18-14(17-12)10-7-6-9(16-5)8-11(10)15;1-10-5-2-3-6(8)7(9)4-5;/h6-8H,1-4H3;2-4H;1H2/q;;-1. The van der Waals surface area contributed by atoms with Crippen LogP contribution in [0.1, 0.15) is 27.7 Å². The van der Waals surface area contributed by atoms with Crippen LogP contribution in [0.5, 0.6) is 0 Å². The Balaban J connectivity index is 0.000000327. The lowest BCUT2D eigenvalue weighted by molar-refractivity contribution is 0.00578. The van der Waals surface area contributed by atoms with E-state index in [1.807, 2.05) is 27.7 Å². The Morgan fingerprint density at radius 3 is 1.72 bits per heavy atom. The molecule has 0 unspecified atom stereocenters. The summed E-state index contributed by atoms with van der Waals surface area (Å²) in [4.78, 5) is 6.25. The van der Waals surface area contributed by atoms with Crippen molar-refractivity contribution in [3.63, 3.8) is 0 Å². The second-order valence-corrected chi connectivity index (χ2v) is 7.97. The van der Waals surface area contributed by atoms with Crippen LogP contribution in [0.3, 0.4) is 0 Å². The first-order valence-corrected chi connectivity index (χ1v) is 9.15. The van der Waals surface area contributed by atoms with Gasteiger partial charge in [-0.05, 0) is 55.8 Å². The summed E-state index contributed by atoms with van der Waals surface area (Å²) in [5, 5.41) is 0. The highest BCUT2D eigenvalue weighted by atomic mass is 79.9. The summed E-state index contributed by atoms with van der Waals surface area (Å²) in [6, 6.07) is 8.58. The van der Waals surface area contributed by atoms with E-state index < -0.39 is 30.0 Å². The predicted octanol–water partition coefficient (Wildman–Crippen LogP) is 6.14. The van der Waals surface area contributed by atoms with Gasteiger partial charge in [-0.2, -0.15) is 0 Å². The van der Waals surface area contributed by atoms with Crippen molar-refractivity contribution in [2.45, 2.75) is 38.9 Å². The van der Waals surface area contributed by atoms with Crippen molar-refractivity contribution < 1.29 is 18.1 Å². The molecule has 0 atom stereocenters. The second-order valence-electron chi connectivity index (χ2n) is 7.12. The molecule has 0 saturated carbocycles. The fraction of sp³-hybridized carbons (Fsp3) is 0.300. The Labute approximate surface area is 182 Å². The van der Waals surface area contributed by atoms with E-state index in [0.717, 1.165) is 0 Å². The predicted molar refractivity (Wildman–Crippen MR) is 118 cm³/mol. The number of hydrogen-bond acceptors (Lipinski definition) is 2. The first-order chi connectivity index (χ1) is 13.0. The molecule has 0 bridgehead atoms. The van der Waals surface area contributed by atoms with Gasteiger partial charge >= 0.3 is 7.12 Å². The van der Waals surface area contributed by atoms with E-state index in [0.29, 0.717) is 15.6 Å². The Bertz CT molecular complexity index is 958. The monoisotopic (exact) mass is 479 g/mol. The van der Waals surface area contributed by atoms with Crippen molar-refractivity contribution in [1.29, 1.82) is 0 Å². The zero-order chi connectivity index (χ0) is 21.1. The maximum Gasteiger partial charge on any atom is 0.497 e. The van der Waals surface area contributed by atoms with Crippen LogP contribution in [0, 0.1) is 24.8 Å². The highest BCUT2D eigenvalue weighted by Crippen LogP contribution is 2.36. The molecular formula is C20H20BBrF2N2O2P-. The Kier molecular flexibility index (Phi) is 8.51. The lowest BCUT2D eigenvalue weighted by Gasteiger charge is -2.32. The molecule has 1 aliphatic rings. The molecule has 0 spiro atoms. The minimum atomic E-state index is -0.727. The zero-order valence-electron chi connectivity index (χ0n) is 16.5. The molecule has 1 saturated heterocycles. The molecule has 3 rings (SSSR count). The van der Waals surface area contributed by atoms with Crippen LogP contribution in [0.4, 0.5) is 20.2 Å². The van der Waals surface area contributed by atoms with Crippen molar-refractivity contribution in [2.24, 2.45) is 0 Å². The molecule has 2 aromatic rings. The third kappa shape index (κ3) is 5.84. The Morgan fingerprint density at radius 1 is 0.862 bits per heavy atom. The molecule has 1 heterocycles. The maximum atomic E-state index is 13.9. The summed E-state index contributed by atoms with van der Waals surface area (Å²) >= 11 is 2.98. The minimum absolute atomic E-state index is 0. The van der Waals surface area contributed by atoms with E-state index >= 15 is 0 Å². The van der Waals surface area contributed by atoms with Crippen molar-refractivity contribution in [3.8, 4) is 0 Å². The van der Waals surface area contributed by atoms with Crippen molar-refractivity contribution in [2.75, 3.05) is 0 Å². The summed E-state index contributed by atoms with van der Waals surface area (Å²) in [7, 11) is -0.727. The van der Waals surface area contributed by atoms with Crippen LogP contribution in [-0.2, 0) is 9.31 Å². The van der Waals surface area contributed by atoms with Crippen LogP contribution in [-0.4, -0.2) is 18.3 Å². The van der Waals surface area contributed by atoms with Crippen molar-refractivity contribution >= 4 is 49.8 Å². The molecule has 152 valence electrons. The highest BCUT2D eigenvalue weighted by Gasteiger charge is 2.52. The first kappa shape index (κ1) is 25.2. The van der Waals surface area contributed by atoms with Gasteiger partial charge in [0.2, 0.25) is 0 Å². The number of benzene rings is 2. The summed E-state index contributed by atoms with van der Waals surface area (Å²) in [6.07, 6.45) is 0. The van der Waals surface area contributed by atoms with Gasteiger partial charge in [0, 0.05) is 5.46 Å². The van der Waals surface area contributed by atoms with Crippen LogP contribution in [0.25, 0.3) is 9.69 Å². The average Bonchev–Trinajstić information content (AvgIpc) is 2.85. The van der Waals surface area contributed by atoms with Crippen molar-refractivity contribution in [3.05, 3.63) is 75.3 Å². The fourth-order valence-corrected chi connectivity index (χ4v) is 2.55. The van der Waals surface area contributed by atoms with E-state index in [4.69, 9.17) is 22.5 Å². The van der Waals surface area contributed by atoms with E-state index in [2.05, 4.69) is 25.6 Å². The molecule has 1 fully saturated rings. The molecule has 2 aromatic carbocycles. The smallest absolute Gasteiger partial charge is 0.497 e. The van der Waals surface area contributed by atoms with Gasteiger partial charge in [0.05, 0.1) is 28.8 Å². The quantitative estimate of drug-likeness (QED) is 0.279.